The standard InChI is InChI=1S/C12H12BrF4NO/c13-5-6-18(8-12(15,16)17)11(19)7-9-3-1-2-4-10(9)14/h1-4H,5-8H2. The van der Waals surface area contributed by atoms with Crippen LogP contribution in [0.1, 0.15) is 5.56 Å². The van der Waals surface area contributed by atoms with E-state index in [1.54, 1.807) is 0 Å². The zero-order valence-corrected chi connectivity index (χ0v) is 11.5. The normalized spacial score (nSPS) is 11.4. The number of halogens is 5. The van der Waals surface area contributed by atoms with Crippen molar-refractivity contribution in [2.45, 2.75) is 12.6 Å². The summed E-state index contributed by atoms with van der Waals surface area (Å²) in [5.41, 5.74) is 0.0919. The molecule has 106 valence electrons. The van der Waals surface area contributed by atoms with E-state index in [1.165, 1.54) is 24.3 Å². The van der Waals surface area contributed by atoms with E-state index < -0.39 is 24.4 Å². The van der Waals surface area contributed by atoms with Crippen LogP contribution in [-0.2, 0) is 11.2 Å². The summed E-state index contributed by atoms with van der Waals surface area (Å²) in [6, 6.07) is 5.54. The lowest BCUT2D eigenvalue weighted by Gasteiger charge is -2.23. The predicted octanol–water partition coefficient (Wildman–Crippen LogP) is 3.15. The van der Waals surface area contributed by atoms with Crippen LogP contribution in [0.3, 0.4) is 0 Å². The van der Waals surface area contributed by atoms with Crippen LogP contribution in [0.5, 0.6) is 0 Å². The van der Waals surface area contributed by atoms with Gasteiger partial charge in [-0.3, -0.25) is 4.79 Å². The quantitative estimate of drug-likeness (QED) is 0.595. The van der Waals surface area contributed by atoms with E-state index in [2.05, 4.69) is 15.9 Å². The molecule has 2 nitrogen and oxygen atoms in total. The highest BCUT2D eigenvalue weighted by Crippen LogP contribution is 2.18. The first-order chi connectivity index (χ1) is 8.83. The molecule has 7 heteroatoms. The highest BCUT2D eigenvalue weighted by molar-refractivity contribution is 9.09. The largest absolute Gasteiger partial charge is 0.406 e. The predicted molar refractivity (Wildman–Crippen MR) is 66.5 cm³/mol. The van der Waals surface area contributed by atoms with E-state index in [9.17, 15) is 22.4 Å². The van der Waals surface area contributed by atoms with Crippen molar-refractivity contribution in [3.05, 3.63) is 35.6 Å². The molecule has 1 aromatic carbocycles. The highest BCUT2D eigenvalue weighted by atomic mass is 79.9. The smallest absolute Gasteiger partial charge is 0.332 e. The molecular weight excluding hydrogens is 330 g/mol. The summed E-state index contributed by atoms with van der Waals surface area (Å²) < 4.78 is 50.3. The van der Waals surface area contributed by atoms with Gasteiger partial charge in [0.1, 0.15) is 12.4 Å². The zero-order valence-electron chi connectivity index (χ0n) is 9.88. The van der Waals surface area contributed by atoms with Crippen LogP contribution in [-0.4, -0.2) is 35.4 Å². The summed E-state index contributed by atoms with van der Waals surface area (Å²) in [7, 11) is 0. The third-order valence-corrected chi connectivity index (χ3v) is 2.73. The summed E-state index contributed by atoms with van der Waals surface area (Å²) >= 11 is 2.99. The average molecular weight is 342 g/mol. The van der Waals surface area contributed by atoms with Gasteiger partial charge in [-0.25, -0.2) is 4.39 Å². The molecule has 19 heavy (non-hydrogen) atoms. The van der Waals surface area contributed by atoms with E-state index in [-0.39, 0.29) is 23.9 Å². The molecule has 0 spiro atoms. The Bertz CT molecular complexity index is 436. The molecule has 0 saturated heterocycles. The maximum absolute atomic E-state index is 13.3. The van der Waals surface area contributed by atoms with E-state index in [4.69, 9.17) is 0 Å². The first-order valence-corrected chi connectivity index (χ1v) is 6.59. The van der Waals surface area contributed by atoms with Crippen molar-refractivity contribution in [3.8, 4) is 0 Å². The molecule has 0 saturated carbocycles. The van der Waals surface area contributed by atoms with E-state index >= 15 is 0 Å². The minimum atomic E-state index is -4.47. The zero-order chi connectivity index (χ0) is 14.5. The summed E-state index contributed by atoms with van der Waals surface area (Å²) in [5, 5.41) is 0.228. The number of carbonyl (C=O) groups is 1. The molecule has 1 rings (SSSR count). The van der Waals surface area contributed by atoms with Crippen molar-refractivity contribution >= 4 is 21.8 Å². The van der Waals surface area contributed by atoms with Gasteiger partial charge in [0.05, 0.1) is 6.42 Å². The van der Waals surface area contributed by atoms with E-state index in [0.717, 1.165) is 0 Å². The van der Waals surface area contributed by atoms with Crippen molar-refractivity contribution < 1.29 is 22.4 Å². The lowest BCUT2D eigenvalue weighted by Crippen LogP contribution is -2.41. The van der Waals surface area contributed by atoms with Crippen molar-refractivity contribution in [1.29, 1.82) is 0 Å². The lowest BCUT2D eigenvalue weighted by molar-refractivity contribution is -0.160. The van der Waals surface area contributed by atoms with E-state index in [1.807, 2.05) is 0 Å². The molecule has 1 aromatic rings. The number of alkyl halides is 4. The van der Waals surface area contributed by atoms with Crippen LogP contribution in [0, 0.1) is 5.82 Å². The van der Waals surface area contributed by atoms with Gasteiger partial charge < -0.3 is 4.90 Å². The van der Waals surface area contributed by atoms with Gasteiger partial charge >= 0.3 is 6.18 Å². The number of benzene rings is 1. The molecule has 0 aromatic heterocycles. The number of amides is 1. The number of carbonyl (C=O) groups excluding carboxylic acids is 1. The second-order valence-electron chi connectivity index (χ2n) is 3.89. The maximum Gasteiger partial charge on any atom is 0.406 e. The van der Waals surface area contributed by atoms with Gasteiger partial charge in [0.25, 0.3) is 0 Å². The monoisotopic (exact) mass is 341 g/mol. The van der Waals surface area contributed by atoms with Gasteiger partial charge in [-0.1, -0.05) is 34.1 Å². The number of hydrogen-bond acceptors (Lipinski definition) is 1. The fraction of sp³-hybridized carbons (Fsp3) is 0.417. The Kier molecular flexibility index (Phi) is 5.78. The fourth-order valence-electron chi connectivity index (χ4n) is 1.53. The van der Waals surface area contributed by atoms with Gasteiger partial charge in [0.2, 0.25) is 5.91 Å². The van der Waals surface area contributed by atoms with Gasteiger partial charge in [-0.2, -0.15) is 13.2 Å². The Hall–Kier alpha value is -1.11. The lowest BCUT2D eigenvalue weighted by atomic mass is 10.1. The Morgan fingerprint density at radius 1 is 1.26 bits per heavy atom. The van der Waals surface area contributed by atoms with Gasteiger partial charge in [0.15, 0.2) is 0 Å². The van der Waals surface area contributed by atoms with Crippen LogP contribution in [0.2, 0.25) is 0 Å². The molecule has 0 unspecified atom stereocenters. The molecular formula is C12H12BrF4NO. The molecule has 1 amide bonds. The minimum Gasteiger partial charge on any atom is -0.332 e. The van der Waals surface area contributed by atoms with Gasteiger partial charge in [0, 0.05) is 11.9 Å². The van der Waals surface area contributed by atoms with Gasteiger partial charge in [-0.15, -0.1) is 0 Å². The second kappa shape index (κ2) is 6.88. The molecule has 0 atom stereocenters. The van der Waals surface area contributed by atoms with Crippen molar-refractivity contribution in [1.82, 2.24) is 4.90 Å². The number of rotatable bonds is 5. The first kappa shape index (κ1) is 15.9. The minimum absolute atomic E-state index is 0.0766. The molecule has 0 N–H and O–H groups in total. The summed E-state index contributed by atoms with van der Waals surface area (Å²) in [5.74, 6) is -1.34. The van der Waals surface area contributed by atoms with Crippen LogP contribution in [0.25, 0.3) is 0 Å². The SMILES string of the molecule is O=C(Cc1ccccc1F)N(CCBr)CC(F)(F)F. The van der Waals surface area contributed by atoms with Crippen LogP contribution >= 0.6 is 15.9 Å². The molecule has 0 fully saturated rings. The molecule has 0 bridgehead atoms. The average Bonchev–Trinajstić information content (AvgIpc) is 2.30. The Morgan fingerprint density at radius 2 is 1.89 bits per heavy atom. The topological polar surface area (TPSA) is 20.3 Å². The summed E-state index contributed by atoms with van der Waals surface area (Å²) in [6.07, 6.45) is -4.84. The first-order valence-electron chi connectivity index (χ1n) is 5.47. The Balaban J connectivity index is 2.75. The summed E-state index contributed by atoms with van der Waals surface area (Å²) in [4.78, 5) is 12.4. The Labute approximate surface area is 116 Å². The van der Waals surface area contributed by atoms with Crippen LogP contribution in [0.15, 0.2) is 24.3 Å². The van der Waals surface area contributed by atoms with Crippen molar-refractivity contribution in [3.63, 3.8) is 0 Å². The van der Waals surface area contributed by atoms with Crippen molar-refractivity contribution in [2.24, 2.45) is 0 Å². The molecule has 0 aliphatic carbocycles. The van der Waals surface area contributed by atoms with Crippen LogP contribution < -0.4 is 0 Å². The molecule has 0 aliphatic heterocycles. The number of hydrogen-bond donors (Lipinski definition) is 0. The summed E-state index contributed by atoms with van der Waals surface area (Å²) in [6.45, 7) is -1.40. The fourth-order valence-corrected chi connectivity index (χ4v) is 1.95. The third-order valence-electron chi connectivity index (χ3n) is 2.38. The molecule has 0 aliphatic rings. The van der Waals surface area contributed by atoms with E-state index in [0.29, 0.717) is 4.90 Å². The second-order valence-corrected chi connectivity index (χ2v) is 4.68. The molecule has 0 radical (unpaired) electrons. The van der Waals surface area contributed by atoms with Crippen molar-refractivity contribution in [2.75, 3.05) is 18.4 Å². The van der Waals surface area contributed by atoms with Crippen LogP contribution in [0.4, 0.5) is 17.6 Å². The highest BCUT2D eigenvalue weighted by Gasteiger charge is 2.32. The molecule has 0 heterocycles. The van der Waals surface area contributed by atoms with Gasteiger partial charge in [-0.05, 0) is 11.6 Å². The number of nitrogens with zero attached hydrogens (tertiary/aromatic N) is 1. The Morgan fingerprint density at radius 3 is 2.42 bits per heavy atom. The third kappa shape index (κ3) is 5.59. The maximum atomic E-state index is 13.3.